The SMILES string of the molecule is Cc1ccc(/C=C2\Sc3nnc(C(F)(F)Cl)n3N=C2c2ccc(F)cc2F)s1. The maximum atomic E-state index is 14.4. The Morgan fingerprint density at radius 3 is 2.57 bits per heavy atom. The van der Waals surface area contributed by atoms with Crippen LogP contribution in [0.25, 0.3) is 6.08 Å². The standard InChI is InChI=1S/C17H9ClF4N4S2/c1-8-2-4-10(27-8)7-13-14(11-5-3-9(19)6-12(11)20)25-26-15(17(18,21)22)23-24-16(26)28-13/h2-7H,1H3/b13-7-. The van der Waals surface area contributed by atoms with Gasteiger partial charge in [0, 0.05) is 26.3 Å². The molecule has 4 rings (SSSR count). The number of thioether (sulfide) groups is 1. The topological polar surface area (TPSA) is 43.1 Å². The maximum absolute atomic E-state index is 14.4. The minimum Gasteiger partial charge on any atom is -0.207 e. The largest absolute Gasteiger partial charge is 0.383 e. The molecule has 0 saturated carbocycles. The predicted molar refractivity (Wildman–Crippen MR) is 101 cm³/mol. The van der Waals surface area contributed by atoms with E-state index in [0.29, 0.717) is 11.0 Å². The zero-order valence-electron chi connectivity index (χ0n) is 14.0. The van der Waals surface area contributed by atoms with Crippen molar-refractivity contribution in [3.8, 4) is 0 Å². The molecule has 0 spiro atoms. The molecule has 1 aliphatic rings. The highest BCUT2D eigenvalue weighted by atomic mass is 35.5. The number of allylic oxidation sites excluding steroid dienone is 1. The Bertz CT molecular complexity index is 1130. The average molecular weight is 445 g/mol. The van der Waals surface area contributed by atoms with E-state index in [1.165, 1.54) is 17.4 Å². The fourth-order valence-electron chi connectivity index (χ4n) is 2.52. The summed E-state index contributed by atoms with van der Waals surface area (Å²) in [5.74, 6) is -2.52. The molecule has 0 N–H and O–H groups in total. The highest BCUT2D eigenvalue weighted by molar-refractivity contribution is 8.04. The zero-order valence-corrected chi connectivity index (χ0v) is 16.3. The molecule has 0 amide bonds. The van der Waals surface area contributed by atoms with Gasteiger partial charge in [-0.25, -0.2) is 8.78 Å². The van der Waals surface area contributed by atoms with Crippen molar-refractivity contribution >= 4 is 46.5 Å². The molecule has 0 unspecified atom stereocenters. The number of halogens is 5. The lowest BCUT2D eigenvalue weighted by atomic mass is 10.1. The van der Waals surface area contributed by atoms with Gasteiger partial charge in [0.1, 0.15) is 17.3 Å². The van der Waals surface area contributed by atoms with E-state index >= 15 is 0 Å². The van der Waals surface area contributed by atoms with Crippen LogP contribution in [-0.4, -0.2) is 20.6 Å². The van der Waals surface area contributed by atoms with Crippen molar-refractivity contribution in [3.63, 3.8) is 0 Å². The van der Waals surface area contributed by atoms with Crippen LogP contribution in [0.3, 0.4) is 0 Å². The minimum atomic E-state index is -3.81. The summed E-state index contributed by atoms with van der Waals surface area (Å²) < 4.78 is 55.7. The molecule has 144 valence electrons. The number of alkyl halides is 3. The normalized spacial score (nSPS) is 15.6. The first kappa shape index (κ1) is 19.2. The zero-order chi connectivity index (χ0) is 20.1. The third kappa shape index (κ3) is 3.59. The predicted octanol–water partition coefficient (Wildman–Crippen LogP) is 5.61. The number of rotatable bonds is 3. The van der Waals surface area contributed by atoms with E-state index in [1.807, 2.05) is 19.1 Å². The van der Waals surface area contributed by atoms with E-state index in [4.69, 9.17) is 11.6 Å². The van der Waals surface area contributed by atoms with Gasteiger partial charge < -0.3 is 0 Å². The number of aryl methyl sites for hydroxylation is 1. The summed E-state index contributed by atoms with van der Waals surface area (Å²) in [6, 6.07) is 6.75. The van der Waals surface area contributed by atoms with Gasteiger partial charge in [-0.2, -0.15) is 18.6 Å². The number of nitrogens with zero attached hydrogens (tertiary/aromatic N) is 4. The molecule has 3 heterocycles. The van der Waals surface area contributed by atoms with Crippen molar-refractivity contribution < 1.29 is 17.6 Å². The average Bonchev–Trinajstić information content (AvgIpc) is 3.20. The quantitative estimate of drug-likeness (QED) is 0.389. The summed E-state index contributed by atoms with van der Waals surface area (Å²) in [5, 5.41) is 7.46. The molecule has 28 heavy (non-hydrogen) atoms. The van der Waals surface area contributed by atoms with Gasteiger partial charge in [0.25, 0.3) is 0 Å². The second-order valence-corrected chi connectivity index (χ2v) is 8.55. The van der Waals surface area contributed by atoms with E-state index in [1.54, 1.807) is 6.08 Å². The molecular formula is C17H9ClF4N4S2. The van der Waals surface area contributed by atoms with E-state index in [0.717, 1.165) is 32.3 Å². The lowest BCUT2D eigenvalue weighted by Crippen LogP contribution is -2.18. The van der Waals surface area contributed by atoms with Gasteiger partial charge >= 0.3 is 5.38 Å². The number of benzene rings is 1. The molecule has 11 heteroatoms. The van der Waals surface area contributed by atoms with E-state index in [-0.39, 0.29) is 16.4 Å². The lowest BCUT2D eigenvalue weighted by molar-refractivity contribution is 0.0799. The summed E-state index contributed by atoms with van der Waals surface area (Å²) in [5.41, 5.74) is -0.000337. The summed E-state index contributed by atoms with van der Waals surface area (Å²) >= 11 is 7.56. The van der Waals surface area contributed by atoms with Gasteiger partial charge in [0.2, 0.25) is 11.0 Å². The van der Waals surface area contributed by atoms with Crippen LogP contribution in [0.5, 0.6) is 0 Å². The van der Waals surface area contributed by atoms with Crippen LogP contribution in [0.1, 0.15) is 21.1 Å². The molecule has 0 saturated heterocycles. The van der Waals surface area contributed by atoms with Crippen molar-refractivity contribution in [2.45, 2.75) is 17.5 Å². The molecule has 3 aromatic rings. The van der Waals surface area contributed by atoms with Crippen molar-refractivity contribution in [2.75, 3.05) is 0 Å². The summed E-state index contributed by atoms with van der Waals surface area (Å²) in [6.45, 7) is 1.93. The van der Waals surface area contributed by atoms with Gasteiger partial charge in [-0.05, 0) is 60.6 Å². The molecule has 1 aliphatic heterocycles. The van der Waals surface area contributed by atoms with E-state index < -0.39 is 22.8 Å². The van der Waals surface area contributed by atoms with Crippen LogP contribution in [0, 0.1) is 18.6 Å². The summed E-state index contributed by atoms with van der Waals surface area (Å²) in [6.07, 6.45) is 1.74. The Morgan fingerprint density at radius 1 is 1.14 bits per heavy atom. The van der Waals surface area contributed by atoms with Gasteiger partial charge in [-0.1, -0.05) is 0 Å². The van der Waals surface area contributed by atoms with Gasteiger partial charge in [0.05, 0.1) is 0 Å². The van der Waals surface area contributed by atoms with Crippen LogP contribution >= 0.6 is 34.7 Å². The molecule has 0 fully saturated rings. The van der Waals surface area contributed by atoms with Gasteiger partial charge in [-0.15, -0.1) is 21.5 Å². The molecule has 0 aliphatic carbocycles. The smallest absolute Gasteiger partial charge is 0.207 e. The number of thiophene rings is 1. The van der Waals surface area contributed by atoms with Crippen molar-refractivity contribution in [3.05, 3.63) is 68.0 Å². The minimum absolute atomic E-state index is 0.0445. The molecule has 4 nitrogen and oxygen atoms in total. The fraction of sp³-hybridized carbons (Fsp3) is 0.118. The first-order valence-corrected chi connectivity index (χ1v) is 9.77. The van der Waals surface area contributed by atoms with Gasteiger partial charge in [-0.3, -0.25) is 0 Å². The first-order valence-electron chi connectivity index (χ1n) is 7.76. The van der Waals surface area contributed by atoms with Crippen molar-refractivity contribution in [2.24, 2.45) is 5.10 Å². The molecule has 2 aromatic heterocycles. The molecule has 0 atom stereocenters. The highest BCUT2D eigenvalue weighted by Gasteiger charge is 2.38. The Hall–Kier alpha value is -2.17. The first-order chi connectivity index (χ1) is 13.2. The summed E-state index contributed by atoms with van der Waals surface area (Å²) in [4.78, 5) is 2.37. The van der Waals surface area contributed by atoms with Crippen LogP contribution < -0.4 is 0 Å². The van der Waals surface area contributed by atoms with Crippen LogP contribution in [0.15, 0.2) is 45.5 Å². The van der Waals surface area contributed by atoms with Crippen LogP contribution in [0.4, 0.5) is 17.6 Å². The molecule has 1 aromatic carbocycles. The van der Waals surface area contributed by atoms with Crippen LogP contribution in [0.2, 0.25) is 0 Å². The Balaban J connectivity index is 1.91. The summed E-state index contributed by atoms with van der Waals surface area (Å²) in [7, 11) is 0. The lowest BCUT2D eigenvalue weighted by Gasteiger charge is -2.18. The molecule has 0 bridgehead atoms. The Morgan fingerprint density at radius 2 is 1.93 bits per heavy atom. The third-order valence-corrected chi connectivity index (χ3v) is 5.81. The van der Waals surface area contributed by atoms with Gasteiger partial charge in [0.15, 0.2) is 0 Å². The Kier molecular flexibility index (Phi) is 4.80. The van der Waals surface area contributed by atoms with Crippen molar-refractivity contribution in [1.82, 2.24) is 14.9 Å². The molecule has 0 radical (unpaired) electrons. The van der Waals surface area contributed by atoms with Crippen molar-refractivity contribution in [1.29, 1.82) is 0 Å². The number of hydrogen-bond donors (Lipinski definition) is 0. The second kappa shape index (κ2) is 7.02. The van der Waals surface area contributed by atoms with E-state index in [9.17, 15) is 17.6 Å². The number of fused-ring (bicyclic) bond motifs is 1. The monoisotopic (exact) mass is 444 g/mol. The fourth-order valence-corrected chi connectivity index (χ4v) is 4.46. The van der Waals surface area contributed by atoms with Crippen LogP contribution in [-0.2, 0) is 5.38 Å². The Labute approximate surface area is 169 Å². The highest BCUT2D eigenvalue weighted by Crippen LogP contribution is 2.40. The number of aromatic nitrogens is 3. The maximum Gasteiger partial charge on any atom is 0.383 e. The number of hydrogen-bond acceptors (Lipinski definition) is 5. The van der Waals surface area contributed by atoms with E-state index in [2.05, 4.69) is 15.3 Å². The second-order valence-electron chi connectivity index (χ2n) is 5.75. The third-order valence-electron chi connectivity index (χ3n) is 3.72. The molecular weight excluding hydrogens is 436 g/mol.